The third-order valence-electron chi connectivity index (χ3n) is 3.15. The number of nitrogens with zero attached hydrogens (tertiary/aromatic N) is 3. The molecule has 0 bridgehead atoms. The van der Waals surface area contributed by atoms with Crippen molar-refractivity contribution < 1.29 is 9.53 Å². The van der Waals surface area contributed by atoms with Gasteiger partial charge in [-0.25, -0.2) is 4.68 Å². The summed E-state index contributed by atoms with van der Waals surface area (Å²) in [5.74, 6) is 1.13. The number of amides is 1. The van der Waals surface area contributed by atoms with Gasteiger partial charge in [-0.1, -0.05) is 37.3 Å². The molecule has 0 fully saturated rings. The van der Waals surface area contributed by atoms with Gasteiger partial charge in [0.05, 0.1) is 6.20 Å². The fraction of sp³-hybridized carbons (Fsp3) is 0.438. The molecular formula is C16H22N4O2. The molecule has 1 atom stereocenters. The molecule has 6 nitrogen and oxygen atoms in total. The van der Waals surface area contributed by atoms with Gasteiger partial charge in [-0.05, 0) is 25.0 Å². The summed E-state index contributed by atoms with van der Waals surface area (Å²) < 4.78 is 7.16. The monoisotopic (exact) mass is 302 g/mol. The highest BCUT2D eigenvalue weighted by molar-refractivity contribution is 5.79. The van der Waals surface area contributed by atoms with Crippen LogP contribution in [0, 0.1) is 5.92 Å². The van der Waals surface area contributed by atoms with E-state index in [4.69, 9.17) is 4.74 Å². The molecule has 0 aliphatic rings. The summed E-state index contributed by atoms with van der Waals surface area (Å²) in [4.78, 5) is 12.0. The summed E-state index contributed by atoms with van der Waals surface area (Å²) in [6, 6.07) is 9.12. The Hall–Kier alpha value is -2.37. The average Bonchev–Trinajstić information content (AvgIpc) is 2.99. The molecule has 0 aliphatic heterocycles. The Kier molecular flexibility index (Phi) is 5.52. The predicted octanol–water partition coefficient (Wildman–Crippen LogP) is 2.19. The molecule has 0 radical (unpaired) electrons. The molecule has 1 aromatic heterocycles. The van der Waals surface area contributed by atoms with Crippen molar-refractivity contribution in [3.8, 4) is 5.75 Å². The van der Waals surface area contributed by atoms with E-state index in [0.717, 1.165) is 5.75 Å². The van der Waals surface area contributed by atoms with Crippen LogP contribution in [-0.4, -0.2) is 27.4 Å². The second kappa shape index (κ2) is 7.59. The minimum Gasteiger partial charge on any atom is -0.487 e. The molecule has 1 aromatic carbocycles. The molecular weight excluding hydrogens is 280 g/mol. The Morgan fingerprint density at radius 1 is 1.27 bits per heavy atom. The highest BCUT2D eigenvalue weighted by atomic mass is 16.5. The van der Waals surface area contributed by atoms with E-state index in [-0.39, 0.29) is 5.91 Å². The van der Waals surface area contributed by atoms with Crippen LogP contribution in [0.4, 0.5) is 0 Å². The maximum atomic E-state index is 12.0. The molecule has 1 N–H and O–H groups in total. The van der Waals surface area contributed by atoms with E-state index in [0.29, 0.717) is 24.8 Å². The van der Waals surface area contributed by atoms with Gasteiger partial charge in [0, 0.05) is 6.54 Å². The highest BCUT2D eigenvalue weighted by Gasteiger charge is 2.16. The zero-order valence-corrected chi connectivity index (χ0v) is 13.2. The first-order valence-corrected chi connectivity index (χ1v) is 7.42. The normalized spacial score (nSPS) is 12.2. The Labute approximate surface area is 130 Å². The van der Waals surface area contributed by atoms with Crippen molar-refractivity contribution >= 4 is 5.91 Å². The van der Waals surface area contributed by atoms with Crippen LogP contribution in [0.3, 0.4) is 0 Å². The van der Waals surface area contributed by atoms with Crippen molar-refractivity contribution in [1.82, 2.24) is 20.3 Å². The Morgan fingerprint density at radius 2 is 2.00 bits per heavy atom. The van der Waals surface area contributed by atoms with E-state index >= 15 is 0 Å². The van der Waals surface area contributed by atoms with Crippen molar-refractivity contribution in [3.63, 3.8) is 0 Å². The number of aromatic nitrogens is 3. The molecule has 1 unspecified atom stereocenters. The standard InChI is InChI=1S/C16H22N4O2/c1-12(2)9-17-16(21)13(3)20-10-14(18-19-20)11-22-15-7-5-4-6-8-15/h4-8,10,12-13H,9,11H2,1-3H3,(H,17,21). The molecule has 0 saturated carbocycles. The number of carbonyl (C=O) groups is 1. The summed E-state index contributed by atoms with van der Waals surface area (Å²) in [5, 5.41) is 10.9. The lowest BCUT2D eigenvalue weighted by atomic mass is 10.2. The van der Waals surface area contributed by atoms with Gasteiger partial charge < -0.3 is 10.1 Å². The molecule has 0 saturated heterocycles. The van der Waals surface area contributed by atoms with Gasteiger partial charge in [-0.2, -0.15) is 0 Å². The smallest absolute Gasteiger partial charge is 0.244 e. The van der Waals surface area contributed by atoms with E-state index in [1.165, 1.54) is 0 Å². The molecule has 0 spiro atoms. The van der Waals surface area contributed by atoms with Gasteiger partial charge >= 0.3 is 0 Å². The van der Waals surface area contributed by atoms with Gasteiger partial charge in [0.1, 0.15) is 24.1 Å². The summed E-state index contributed by atoms with van der Waals surface area (Å²) in [7, 11) is 0. The maximum Gasteiger partial charge on any atom is 0.244 e. The fourth-order valence-electron chi connectivity index (χ4n) is 1.82. The van der Waals surface area contributed by atoms with Gasteiger partial charge in [-0.15, -0.1) is 5.10 Å². The van der Waals surface area contributed by atoms with Crippen molar-refractivity contribution in [2.24, 2.45) is 5.92 Å². The topological polar surface area (TPSA) is 69.0 Å². The van der Waals surface area contributed by atoms with Crippen molar-refractivity contribution in [1.29, 1.82) is 0 Å². The Morgan fingerprint density at radius 3 is 2.68 bits per heavy atom. The third-order valence-corrected chi connectivity index (χ3v) is 3.15. The van der Waals surface area contributed by atoms with Crippen LogP contribution in [-0.2, 0) is 11.4 Å². The SMILES string of the molecule is CC(C)CNC(=O)C(C)n1cc(COc2ccccc2)nn1. The minimum atomic E-state index is -0.392. The van der Waals surface area contributed by atoms with Crippen LogP contribution >= 0.6 is 0 Å². The largest absolute Gasteiger partial charge is 0.487 e. The minimum absolute atomic E-state index is 0.0610. The van der Waals surface area contributed by atoms with Crippen molar-refractivity contribution in [3.05, 3.63) is 42.2 Å². The van der Waals surface area contributed by atoms with Crippen molar-refractivity contribution in [2.75, 3.05) is 6.54 Å². The zero-order valence-electron chi connectivity index (χ0n) is 13.2. The van der Waals surface area contributed by atoms with Crippen LogP contribution in [0.5, 0.6) is 5.75 Å². The van der Waals surface area contributed by atoms with Gasteiger partial charge in [0.15, 0.2) is 0 Å². The van der Waals surface area contributed by atoms with E-state index < -0.39 is 6.04 Å². The quantitative estimate of drug-likeness (QED) is 0.851. The molecule has 22 heavy (non-hydrogen) atoms. The molecule has 1 amide bonds. The molecule has 118 valence electrons. The van der Waals surface area contributed by atoms with E-state index in [1.807, 2.05) is 30.3 Å². The lowest BCUT2D eigenvalue weighted by Gasteiger charge is -2.13. The number of hydrogen-bond acceptors (Lipinski definition) is 4. The Balaban J connectivity index is 1.89. The summed E-state index contributed by atoms with van der Waals surface area (Å²) in [6.07, 6.45) is 1.74. The van der Waals surface area contributed by atoms with Gasteiger partial charge in [-0.3, -0.25) is 4.79 Å². The second-order valence-corrected chi connectivity index (χ2v) is 5.61. The maximum absolute atomic E-state index is 12.0. The highest BCUT2D eigenvalue weighted by Crippen LogP contribution is 2.11. The number of para-hydroxylation sites is 1. The average molecular weight is 302 g/mol. The third kappa shape index (κ3) is 4.58. The molecule has 2 aromatic rings. The first-order valence-electron chi connectivity index (χ1n) is 7.42. The first kappa shape index (κ1) is 16.0. The number of nitrogens with one attached hydrogen (secondary N) is 1. The number of rotatable bonds is 7. The van der Waals surface area contributed by atoms with Crippen LogP contribution < -0.4 is 10.1 Å². The summed E-state index contributed by atoms with van der Waals surface area (Å²) in [6.45, 7) is 6.89. The lowest BCUT2D eigenvalue weighted by molar-refractivity contribution is -0.124. The van der Waals surface area contributed by atoms with Gasteiger partial charge in [0.2, 0.25) is 5.91 Å². The number of hydrogen-bond donors (Lipinski definition) is 1. The number of benzene rings is 1. The number of ether oxygens (including phenoxy) is 1. The molecule has 0 aliphatic carbocycles. The van der Waals surface area contributed by atoms with E-state index in [9.17, 15) is 4.79 Å². The molecule has 1 heterocycles. The van der Waals surface area contributed by atoms with Crippen LogP contribution in [0.15, 0.2) is 36.5 Å². The Bertz CT molecular complexity index is 595. The molecule has 6 heteroatoms. The predicted molar refractivity (Wildman–Crippen MR) is 83.4 cm³/mol. The lowest BCUT2D eigenvalue weighted by Crippen LogP contribution is -2.33. The van der Waals surface area contributed by atoms with Crippen LogP contribution in [0.1, 0.15) is 32.5 Å². The summed E-state index contributed by atoms with van der Waals surface area (Å²) >= 11 is 0. The van der Waals surface area contributed by atoms with E-state index in [2.05, 4.69) is 29.5 Å². The second-order valence-electron chi connectivity index (χ2n) is 5.61. The molecule has 2 rings (SSSR count). The van der Waals surface area contributed by atoms with Crippen LogP contribution in [0.25, 0.3) is 0 Å². The zero-order chi connectivity index (χ0) is 15.9. The number of carbonyl (C=O) groups excluding carboxylic acids is 1. The van der Waals surface area contributed by atoms with E-state index in [1.54, 1.807) is 17.8 Å². The van der Waals surface area contributed by atoms with Gasteiger partial charge in [0.25, 0.3) is 0 Å². The summed E-state index contributed by atoms with van der Waals surface area (Å²) in [5.41, 5.74) is 0.687. The fourth-order valence-corrected chi connectivity index (χ4v) is 1.82. The first-order chi connectivity index (χ1) is 10.6. The van der Waals surface area contributed by atoms with Crippen LogP contribution in [0.2, 0.25) is 0 Å². The van der Waals surface area contributed by atoms with Crippen molar-refractivity contribution in [2.45, 2.75) is 33.4 Å².